The molecule has 0 amide bonds. The van der Waals surface area contributed by atoms with Crippen molar-refractivity contribution in [1.29, 1.82) is 0 Å². The van der Waals surface area contributed by atoms with Gasteiger partial charge >= 0.3 is 0 Å². The molecule has 1 aromatic rings. The van der Waals surface area contributed by atoms with Crippen LogP contribution in [-0.4, -0.2) is 4.98 Å². The number of nitrogens with zero attached hydrogens (tertiary/aromatic N) is 1. The molecular formula is C11H13NS. The molecule has 1 aliphatic rings. The molecule has 0 radical (unpaired) electrons. The number of rotatable bonds is 2. The molecule has 0 aliphatic heterocycles. The third-order valence-corrected chi connectivity index (χ3v) is 3.14. The van der Waals surface area contributed by atoms with E-state index in [1.165, 1.54) is 17.0 Å². The van der Waals surface area contributed by atoms with Gasteiger partial charge in [0.05, 0.1) is 10.7 Å². The van der Waals surface area contributed by atoms with Crippen LogP contribution in [0.5, 0.6) is 0 Å². The van der Waals surface area contributed by atoms with Gasteiger partial charge in [-0.1, -0.05) is 25.2 Å². The van der Waals surface area contributed by atoms with Crippen molar-refractivity contribution in [3.63, 3.8) is 0 Å². The van der Waals surface area contributed by atoms with Gasteiger partial charge in [0.15, 0.2) is 0 Å². The first kappa shape index (κ1) is 8.70. The van der Waals surface area contributed by atoms with Crippen LogP contribution in [0.4, 0.5) is 0 Å². The second-order valence-corrected chi connectivity index (χ2v) is 4.06. The minimum Gasteiger partial charge on any atom is -0.241 e. The highest BCUT2D eigenvalue weighted by molar-refractivity contribution is 7.09. The third-order valence-electron chi connectivity index (χ3n) is 2.14. The van der Waals surface area contributed by atoms with E-state index in [4.69, 9.17) is 0 Å². The molecule has 0 unspecified atom stereocenters. The molecule has 13 heavy (non-hydrogen) atoms. The lowest BCUT2D eigenvalue weighted by Gasteiger charge is -2.02. The summed E-state index contributed by atoms with van der Waals surface area (Å²) in [6.07, 6.45) is 10.0. The molecular weight excluding hydrogens is 178 g/mol. The normalized spacial score (nSPS) is 15.9. The molecule has 0 atom stereocenters. The Morgan fingerprint density at radius 3 is 3.00 bits per heavy atom. The highest BCUT2D eigenvalue weighted by atomic mass is 32.1. The van der Waals surface area contributed by atoms with Crippen molar-refractivity contribution in [2.24, 2.45) is 0 Å². The lowest BCUT2D eigenvalue weighted by Crippen LogP contribution is -1.86. The van der Waals surface area contributed by atoms with E-state index in [2.05, 4.69) is 35.5 Å². The Bertz CT molecular complexity index is 347. The van der Waals surface area contributed by atoms with Crippen molar-refractivity contribution in [3.8, 4) is 0 Å². The average molecular weight is 191 g/mol. The molecule has 0 saturated carbocycles. The van der Waals surface area contributed by atoms with Crippen molar-refractivity contribution in [1.82, 2.24) is 4.98 Å². The standard InChI is InChI=1S/C11H13NS/c1-2-11-12-10(8-13-11)9-6-4-3-5-7-9/h4,6-8H,2-3,5H2,1H3. The Balaban J connectivity index is 2.24. The lowest BCUT2D eigenvalue weighted by molar-refractivity contribution is 1.03. The number of allylic oxidation sites excluding steroid dienone is 4. The molecule has 1 aliphatic carbocycles. The second kappa shape index (κ2) is 3.88. The van der Waals surface area contributed by atoms with Crippen LogP contribution >= 0.6 is 11.3 Å². The van der Waals surface area contributed by atoms with E-state index in [-0.39, 0.29) is 0 Å². The molecule has 0 bridgehead atoms. The van der Waals surface area contributed by atoms with Gasteiger partial charge in [0.2, 0.25) is 0 Å². The van der Waals surface area contributed by atoms with Crippen LogP contribution in [0.2, 0.25) is 0 Å². The zero-order chi connectivity index (χ0) is 9.10. The first-order chi connectivity index (χ1) is 6.40. The predicted octanol–water partition coefficient (Wildman–Crippen LogP) is 3.44. The van der Waals surface area contributed by atoms with Crippen LogP contribution in [0.1, 0.15) is 30.5 Å². The van der Waals surface area contributed by atoms with Gasteiger partial charge in [0, 0.05) is 5.38 Å². The monoisotopic (exact) mass is 191 g/mol. The minimum atomic E-state index is 1.04. The summed E-state index contributed by atoms with van der Waals surface area (Å²) in [6, 6.07) is 0. The molecule has 2 rings (SSSR count). The van der Waals surface area contributed by atoms with Gasteiger partial charge in [-0.05, 0) is 24.8 Å². The van der Waals surface area contributed by atoms with Gasteiger partial charge in [-0.15, -0.1) is 11.3 Å². The topological polar surface area (TPSA) is 12.9 Å². The molecule has 0 fully saturated rings. The van der Waals surface area contributed by atoms with E-state index in [9.17, 15) is 0 Å². The number of thiazole rings is 1. The van der Waals surface area contributed by atoms with Crippen molar-refractivity contribution in [2.45, 2.75) is 26.2 Å². The number of aryl methyl sites for hydroxylation is 1. The Labute approximate surface area is 82.8 Å². The molecule has 0 N–H and O–H groups in total. The maximum atomic E-state index is 4.55. The van der Waals surface area contributed by atoms with Crippen LogP contribution in [0.25, 0.3) is 5.57 Å². The molecule has 0 aromatic carbocycles. The summed E-state index contributed by atoms with van der Waals surface area (Å²) >= 11 is 1.76. The van der Waals surface area contributed by atoms with Crippen LogP contribution in [-0.2, 0) is 6.42 Å². The number of hydrogen-bond acceptors (Lipinski definition) is 2. The van der Waals surface area contributed by atoms with Gasteiger partial charge in [0.1, 0.15) is 0 Å². The van der Waals surface area contributed by atoms with Crippen LogP contribution in [0.3, 0.4) is 0 Å². The molecule has 1 nitrogen and oxygen atoms in total. The zero-order valence-electron chi connectivity index (χ0n) is 7.79. The fourth-order valence-electron chi connectivity index (χ4n) is 1.41. The first-order valence-corrected chi connectivity index (χ1v) is 5.59. The smallest absolute Gasteiger partial charge is 0.0929 e. The molecule has 0 saturated heterocycles. The molecule has 2 heteroatoms. The van der Waals surface area contributed by atoms with Gasteiger partial charge < -0.3 is 0 Å². The van der Waals surface area contributed by atoms with Gasteiger partial charge in [-0.25, -0.2) is 4.98 Å². The van der Waals surface area contributed by atoms with Crippen LogP contribution in [0, 0.1) is 0 Å². The summed E-state index contributed by atoms with van der Waals surface area (Å²) in [5.74, 6) is 0. The van der Waals surface area contributed by atoms with E-state index in [0.29, 0.717) is 0 Å². The van der Waals surface area contributed by atoms with Crippen molar-refractivity contribution >= 4 is 16.9 Å². The summed E-state index contributed by atoms with van der Waals surface area (Å²) in [4.78, 5) is 4.55. The van der Waals surface area contributed by atoms with Crippen molar-refractivity contribution in [3.05, 3.63) is 34.3 Å². The Morgan fingerprint density at radius 2 is 2.38 bits per heavy atom. The predicted molar refractivity (Wildman–Crippen MR) is 57.8 cm³/mol. The van der Waals surface area contributed by atoms with E-state index in [0.717, 1.165) is 18.5 Å². The summed E-state index contributed by atoms with van der Waals surface area (Å²) in [7, 11) is 0. The molecule has 1 aromatic heterocycles. The summed E-state index contributed by atoms with van der Waals surface area (Å²) < 4.78 is 0. The summed E-state index contributed by atoms with van der Waals surface area (Å²) in [6.45, 7) is 2.15. The maximum Gasteiger partial charge on any atom is 0.0929 e. The lowest BCUT2D eigenvalue weighted by atomic mass is 10.1. The van der Waals surface area contributed by atoms with Crippen LogP contribution in [0.15, 0.2) is 23.6 Å². The molecule has 1 heterocycles. The number of hydrogen-bond donors (Lipinski definition) is 0. The zero-order valence-corrected chi connectivity index (χ0v) is 8.60. The van der Waals surface area contributed by atoms with Crippen LogP contribution < -0.4 is 0 Å². The maximum absolute atomic E-state index is 4.55. The second-order valence-electron chi connectivity index (χ2n) is 3.12. The van der Waals surface area contributed by atoms with E-state index >= 15 is 0 Å². The molecule has 68 valence electrons. The van der Waals surface area contributed by atoms with Crippen molar-refractivity contribution < 1.29 is 0 Å². The Morgan fingerprint density at radius 1 is 1.46 bits per heavy atom. The summed E-state index contributed by atoms with van der Waals surface area (Å²) in [5.41, 5.74) is 2.44. The fraction of sp³-hybridized carbons (Fsp3) is 0.364. The Hall–Kier alpha value is -0.890. The SMILES string of the molecule is CCc1nc(C2=CCCC=C2)cs1. The first-order valence-electron chi connectivity index (χ1n) is 4.71. The van der Waals surface area contributed by atoms with Gasteiger partial charge in [-0.2, -0.15) is 0 Å². The third kappa shape index (κ3) is 1.89. The average Bonchev–Trinajstić information content (AvgIpc) is 2.67. The summed E-state index contributed by atoms with van der Waals surface area (Å²) in [5, 5.41) is 3.38. The largest absolute Gasteiger partial charge is 0.241 e. The highest BCUT2D eigenvalue weighted by Crippen LogP contribution is 2.22. The molecule has 0 spiro atoms. The van der Waals surface area contributed by atoms with Gasteiger partial charge in [0.25, 0.3) is 0 Å². The Kier molecular flexibility index (Phi) is 2.60. The van der Waals surface area contributed by atoms with E-state index in [1.54, 1.807) is 11.3 Å². The highest BCUT2D eigenvalue weighted by Gasteiger charge is 2.04. The van der Waals surface area contributed by atoms with E-state index in [1.807, 2.05) is 0 Å². The van der Waals surface area contributed by atoms with Gasteiger partial charge in [-0.3, -0.25) is 0 Å². The fourth-order valence-corrected chi connectivity index (χ4v) is 2.16. The van der Waals surface area contributed by atoms with Crippen molar-refractivity contribution in [2.75, 3.05) is 0 Å². The van der Waals surface area contributed by atoms with E-state index < -0.39 is 0 Å². The minimum absolute atomic E-state index is 1.04. The quantitative estimate of drug-likeness (QED) is 0.697. The number of aromatic nitrogens is 1.